The highest BCUT2D eigenvalue weighted by Gasteiger charge is 2.24. The number of rotatable bonds is 3. The van der Waals surface area contributed by atoms with Gasteiger partial charge in [-0.3, -0.25) is 0 Å². The first kappa shape index (κ1) is 11.2. The Morgan fingerprint density at radius 2 is 2.40 bits per heavy atom. The zero-order chi connectivity index (χ0) is 10.7. The van der Waals surface area contributed by atoms with Crippen LogP contribution in [-0.2, 0) is 0 Å². The van der Waals surface area contributed by atoms with Gasteiger partial charge in [0.25, 0.3) is 0 Å². The molecule has 2 unspecified atom stereocenters. The van der Waals surface area contributed by atoms with Gasteiger partial charge in [-0.1, -0.05) is 35.0 Å². The molecule has 1 N–H and O–H groups in total. The summed E-state index contributed by atoms with van der Waals surface area (Å²) in [4.78, 5) is 0. The second kappa shape index (κ2) is 5.13. The maximum absolute atomic E-state index is 3.55. The van der Waals surface area contributed by atoms with E-state index < -0.39 is 0 Å². The molecule has 15 heavy (non-hydrogen) atoms. The van der Waals surface area contributed by atoms with Crippen molar-refractivity contribution in [3.8, 4) is 0 Å². The van der Waals surface area contributed by atoms with Crippen molar-refractivity contribution in [2.24, 2.45) is 5.92 Å². The highest BCUT2D eigenvalue weighted by atomic mass is 79.9. The summed E-state index contributed by atoms with van der Waals surface area (Å²) in [7, 11) is 0. The first-order valence-corrected chi connectivity index (χ1v) is 6.56. The monoisotopic (exact) mass is 267 g/mol. The maximum atomic E-state index is 3.55. The van der Waals surface area contributed by atoms with Gasteiger partial charge >= 0.3 is 0 Å². The minimum atomic E-state index is 0.720. The Morgan fingerprint density at radius 1 is 1.53 bits per heavy atom. The normalized spacial score (nSPS) is 22.9. The summed E-state index contributed by atoms with van der Waals surface area (Å²) in [6, 6.07) is 8.78. The van der Waals surface area contributed by atoms with Gasteiger partial charge in [0.05, 0.1) is 0 Å². The second-order valence-corrected chi connectivity index (χ2v) is 5.24. The predicted molar refractivity (Wildman–Crippen MR) is 68.2 cm³/mol. The molecule has 1 heterocycles. The molecule has 2 heteroatoms. The Kier molecular flexibility index (Phi) is 3.81. The van der Waals surface area contributed by atoms with Crippen molar-refractivity contribution in [2.45, 2.75) is 25.7 Å². The third-order valence-electron chi connectivity index (χ3n) is 3.38. The van der Waals surface area contributed by atoms with Crippen LogP contribution in [0.15, 0.2) is 28.7 Å². The van der Waals surface area contributed by atoms with Crippen LogP contribution in [0.1, 0.15) is 31.2 Å². The molecule has 0 saturated carbocycles. The fourth-order valence-corrected chi connectivity index (χ4v) is 3.02. The van der Waals surface area contributed by atoms with Crippen molar-refractivity contribution < 1.29 is 0 Å². The average Bonchev–Trinajstić information content (AvgIpc) is 2.72. The van der Waals surface area contributed by atoms with E-state index in [1.165, 1.54) is 36.0 Å². The minimum absolute atomic E-state index is 0.720. The molecule has 0 aliphatic carbocycles. The smallest absolute Gasteiger partial charge is 0.0178 e. The molecule has 1 aromatic carbocycles. The van der Waals surface area contributed by atoms with E-state index >= 15 is 0 Å². The van der Waals surface area contributed by atoms with E-state index in [1.807, 2.05) is 0 Å². The van der Waals surface area contributed by atoms with E-state index in [9.17, 15) is 0 Å². The minimum Gasteiger partial charge on any atom is -0.316 e. The van der Waals surface area contributed by atoms with Crippen LogP contribution >= 0.6 is 15.9 Å². The molecule has 1 aromatic rings. The molecule has 0 amide bonds. The van der Waals surface area contributed by atoms with Crippen molar-refractivity contribution in [3.05, 3.63) is 34.3 Å². The maximum Gasteiger partial charge on any atom is 0.0178 e. The van der Waals surface area contributed by atoms with E-state index in [-0.39, 0.29) is 0 Å². The Hall–Kier alpha value is -0.340. The summed E-state index contributed by atoms with van der Waals surface area (Å²) >= 11 is 3.55. The molecule has 0 radical (unpaired) electrons. The Bertz CT molecular complexity index is 318. The van der Waals surface area contributed by atoms with Crippen LogP contribution in [0, 0.1) is 5.92 Å². The van der Waals surface area contributed by atoms with Crippen LogP contribution in [0.4, 0.5) is 0 Å². The zero-order valence-electron chi connectivity index (χ0n) is 9.17. The molecule has 0 aromatic heterocycles. The van der Waals surface area contributed by atoms with Gasteiger partial charge < -0.3 is 5.32 Å². The molecular weight excluding hydrogens is 250 g/mol. The molecule has 1 aliphatic heterocycles. The summed E-state index contributed by atoms with van der Waals surface area (Å²) in [5.41, 5.74) is 1.49. The van der Waals surface area contributed by atoms with E-state index in [4.69, 9.17) is 0 Å². The van der Waals surface area contributed by atoms with Crippen molar-refractivity contribution in [3.63, 3.8) is 0 Å². The lowest BCUT2D eigenvalue weighted by Crippen LogP contribution is -2.16. The summed E-state index contributed by atoms with van der Waals surface area (Å²) in [6.07, 6.45) is 2.56. The molecule has 2 rings (SSSR count). The van der Waals surface area contributed by atoms with Gasteiger partial charge in [0, 0.05) is 4.47 Å². The number of nitrogens with one attached hydrogen (secondary N) is 1. The van der Waals surface area contributed by atoms with Gasteiger partial charge in [0.2, 0.25) is 0 Å². The van der Waals surface area contributed by atoms with Gasteiger partial charge in [-0.2, -0.15) is 0 Å². The Morgan fingerprint density at radius 3 is 3.00 bits per heavy atom. The first-order chi connectivity index (χ1) is 7.31. The predicted octanol–water partition coefficient (Wildman–Crippen LogP) is 3.55. The fraction of sp³-hybridized carbons (Fsp3) is 0.538. The number of halogens is 1. The standard InChI is InChI=1S/C13H18BrN/c1-2-13(11-6-7-15-9-11)10-4-3-5-12(14)8-10/h3-5,8,11,13,15H,2,6-7,9H2,1H3. The number of hydrogen-bond acceptors (Lipinski definition) is 1. The van der Waals surface area contributed by atoms with E-state index in [2.05, 4.69) is 52.4 Å². The third kappa shape index (κ3) is 2.61. The lowest BCUT2D eigenvalue weighted by molar-refractivity contribution is 0.446. The lowest BCUT2D eigenvalue weighted by Gasteiger charge is -2.22. The van der Waals surface area contributed by atoms with Gasteiger partial charge in [-0.15, -0.1) is 0 Å². The fourth-order valence-electron chi connectivity index (χ4n) is 2.60. The molecule has 1 fully saturated rings. The van der Waals surface area contributed by atoms with E-state index in [1.54, 1.807) is 0 Å². The highest BCUT2D eigenvalue weighted by Crippen LogP contribution is 2.32. The van der Waals surface area contributed by atoms with E-state index in [0.717, 1.165) is 11.8 Å². The van der Waals surface area contributed by atoms with Gasteiger partial charge in [-0.05, 0) is 55.5 Å². The molecule has 1 saturated heterocycles. The summed E-state index contributed by atoms with van der Waals surface area (Å²) in [5.74, 6) is 1.54. The van der Waals surface area contributed by atoms with Gasteiger partial charge in [0.15, 0.2) is 0 Å². The second-order valence-electron chi connectivity index (χ2n) is 4.32. The Labute approximate surface area is 100 Å². The largest absolute Gasteiger partial charge is 0.316 e. The first-order valence-electron chi connectivity index (χ1n) is 5.77. The summed E-state index contributed by atoms with van der Waals surface area (Å²) in [5, 5.41) is 3.46. The third-order valence-corrected chi connectivity index (χ3v) is 3.88. The SMILES string of the molecule is CCC(c1cccc(Br)c1)C1CCNC1. The van der Waals surface area contributed by atoms with Crippen LogP contribution in [0.25, 0.3) is 0 Å². The van der Waals surface area contributed by atoms with Crippen LogP contribution in [-0.4, -0.2) is 13.1 Å². The zero-order valence-corrected chi connectivity index (χ0v) is 10.8. The molecule has 82 valence electrons. The van der Waals surface area contributed by atoms with E-state index in [0.29, 0.717) is 0 Å². The molecular formula is C13H18BrN. The van der Waals surface area contributed by atoms with Crippen LogP contribution in [0.3, 0.4) is 0 Å². The van der Waals surface area contributed by atoms with Crippen molar-refractivity contribution in [1.29, 1.82) is 0 Å². The highest BCUT2D eigenvalue weighted by molar-refractivity contribution is 9.10. The van der Waals surface area contributed by atoms with Gasteiger partial charge in [-0.25, -0.2) is 0 Å². The molecule has 0 spiro atoms. The van der Waals surface area contributed by atoms with Crippen LogP contribution in [0.5, 0.6) is 0 Å². The summed E-state index contributed by atoms with van der Waals surface area (Å²) < 4.78 is 1.20. The van der Waals surface area contributed by atoms with Crippen molar-refractivity contribution in [1.82, 2.24) is 5.32 Å². The van der Waals surface area contributed by atoms with Gasteiger partial charge in [0.1, 0.15) is 0 Å². The molecule has 1 nitrogen and oxygen atoms in total. The summed E-state index contributed by atoms with van der Waals surface area (Å²) in [6.45, 7) is 4.67. The molecule has 2 atom stereocenters. The van der Waals surface area contributed by atoms with Crippen LogP contribution in [0.2, 0.25) is 0 Å². The quantitative estimate of drug-likeness (QED) is 0.884. The topological polar surface area (TPSA) is 12.0 Å². The molecule has 1 aliphatic rings. The van der Waals surface area contributed by atoms with Crippen molar-refractivity contribution in [2.75, 3.05) is 13.1 Å². The number of hydrogen-bond donors (Lipinski definition) is 1. The Balaban J connectivity index is 2.18. The average molecular weight is 268 g/mol. The van der Waals surface area contributed by atoms with Crippen LogP contribution < -0.4 is 5.32 Å². The molecule has 0 bridgehead atoms. The number of benzene rings is 1. The van der Waals surface area contributed by atoms with Crippen molar-refractivity contribution >= 4 is 15.9 Å². The lowest BCUT2D eigenvalue weighted by atomic mass is 9.83.